The highest BCUT2D eigenvalue weighted by atomic mass is 16.5. The first-order valence-corrected chi connectivity index (χ1v) is 12.1. The molecule has 0 spiro atoms. The Morgan fingerprint density at radius 3 is 1.95 bits per heavy atom. The second kappa shape index (κ2) is 13.8. The van der Waals surface area contributed by atoms with Crippen LogP contribution in [-0.4, -0.2) is 58.0 Å². The van der Waals surface area contributed by atoms with Gasteiger partial charge in [0.2, 0.25) is 5.91 Å². The first kappa shape index (κ1) is 27.4. The SMILES string of the molecule is CN(Cc1ccccc1)C(=O)C1CCN(Cc2cccc(Oc3ccccc3)c2)CC1.O=C(O)C(=O)O. The minimum atomic E-state index is -1.82. The van der Waals surface area contributed by atoms with Crippen LogP contribution in [0.25, 0.3) is 0 Å². The number of hydrogen-bond acceptors (Lipinski definition) is 5. The average Bonchev–Trinajstić information content (AvgIpc) is 2.90. The largest absolute Gasteiger partial charge is 0.473 e. The van der Waals surface area contributed by atoms with Gasteiger partial charge in [-0.05, 0) is 61.3 Å². The van der Waals surface area contributed by atoms with E-state index in [1.807, 2.05) is 72.6 Å². The normalized spacial score (nSPS) is 13.6. The van der Waals surface area contributed by atoms with Gasteiger partial charge in [0, 0.05) is 26.1 Å². The minimum absolute atomic E-state index is 0.123. The second-order valence-corrected chi connectivity index (χ2v) is 8.90. The number of likely N-dealkylation sites (tertiary alicyclic amines) is 1. The van der Waals surface area contributed by atoms with Crippen molar-refractivity contribution in [1.82, 2.24) is 9.80 Å². The highest BCUT2D eigenvalue weighted by Gasteiger charge is 2.27. The topological polar surface area (TPSA) is 107 Å². The fraction of sp³-hybridized carbons (Fsp3) is 0.276. The van der Waals surface area contributed by atoms with E-state index in [0.717, 1.165) is 44.0 Å². The van der Waals surface area contributed by atoms with Crippen LogP contribution in [0.15, 0.2) is 84.9 Å². The molecule has 194 valence electrons. The fourth-order valence-electron chi connectivity index (χ4n) is 4.18. The molecule has 1 heterocycles. The van der Waals surface area contributed by atoms with Gasteiger partial charge in [-0.25, -0.2) is 9.59 Å². The number of aliphatic carboxylic acids is 2. The standard InChI is InChI=1S/C27H30N2O2.C2H2O4/c1-28(20-22-9-4-2-5-10-22)27(30)24-15-17-29(18-16-24)21-23-11-8-14-26(19-23)31-25-12-6-3-7-13-25;3-1(4)2(5)6/h2-14,19,24H,15-18,20-21H2,1H3;(H,3,4)(H,5,6). The highest BCUT2D eigenvalue weighted by molar-refractivity contribution is 6.27. The van der Waals surface area contributed by atoms with E-state index in [1.54, 1.807) is 0 Å². The van der Waals surface area contributed by atoms with Crippen LogP contribution in [0.4, 0.5) is 0 Å². The number of carbonyl (C=O) groups is 3. The second-order valence-electron chi connectivity index (χ2n) is 8.90. The number of nitrogens with zero attached hydrogens (tertiary/aromatic N) is 2. The summed E-state index contributed by atoms with van der Waals surface area (Å²) in [4.78, 5) is 35.4. The number of ether oxygens (including phenoxy) is 1. The number of carboxylic acids is 2. The number of hydrogen-bond donors (Lipinski definition) is 2. The monoisotopic (exact) mass is 504 g/mol. The van der Waals surface area contributed by atoms with Crippen LogP contribution in [0.5, 0.6) is 11.5 Å². The molecule has 1 aliphatic rings. The third-order valence-corrected chi connectivity index (χ3v) is 6.04. The van der Waals surface area contributed by atoms with Gasteiger partial charge in [-0.3, -0.25) is 9.69 Å². The summed E-state index contributed by atoms with van der Waals surface area (Å²) in [6.07, 6.45) is 1.83. The van der Waals surface area contributed by atoms with E-state index in [9.17, 15) is 4.79 Å². The lowest BCUT2D eigenvalue weighted by atomic mass is 9.95. The van der Waals surface area contributed by atoms with Crippen molar-refractivity contribution in [2.45, 2.75) is 25.9 Å². The maximum absolute atomic E-state index is 12.9. The van der Waals surface area contributed by atoms with Crippen LogP contribution in [0.2, 0.25) is 0 Å². The summed E-state index contributed by atoms with van der Waals surface area (Å²) in [7, 11) is 1.92. The molecule has 0 aliphatic carbocycles. The Hall–Kier alpha value is -4.17. The summed E-state index contributed by atoms with van der Waals surface area (Å²) in [5, 5.41) is 14.8. The lowest BCUT2D eigenvalue weighted by Gasteiger charge is -2.33. The van der Waals surface area contributed by atoms with Gasteiger partial charge < -0.3 is 19.8 Å². The molecule has 1 saturated heterocycles. The summed E-state index contributed by atoms with van der Waals surface area (Å²) >= 11 is 0. The molecule has 8 heteroatoms. The Morgan fingerprint density at radius 1 is 0.811 bits per heavy atom. The number of carbonyl (C=O) groups excluding carboxylic acids is 1. The van der Waals surface area contributed by atoms with Crippen LogP contribution < -0.4 is 4.74 Å². The van der Waals surface area contributed by atoms with Gasteiger partial charge >= 0.3 is 11.9 Å². The molecule has 3 aromatic carbocycles. The number of amides is 1. The number of para-hydroxylation sites is 1. The van der Waals surface area contributed by atoms with Gasteiger partial charge in [-0.2, -0.15) is 0 Å². The summed E-state index contributed by atoms with van der Waals surface area (Å²) in [6, 6.07) is 28.3. The van der Waals surface area contributed by atoms with E-state index in [1.165, 1.54) is 11.1 Å². The van der Waals surface area contributed by atoms with Crippen molar-refractivity contribution in [3.63, 3.8) is 0 Å². The molecule has 0 radical (unpaired) electrons. The molecule has 1 aliphatic heterocycles. The Kier molecular flexibility index (Phi) is 10.2. The molecule has 0 atom stereocenters. The van der Waals surface area contributed by atoms with Crippen LogP contribution in [0.3, 0.4) is 0 Å². The summed E-state index contributed by atoms with van der Waals surface area (Å²) in [6.45, 7) is 3.44. The minimum Gasteiger partial charge on any atom is -0.473 e. The van der Waals surface area contributed by atoms with E-state index >= 15 is 0 Å². The zero-order chi connectivity index (χ0) is 26.6. The molecule has 0 saturated carbocycles. The molecule has 3 aromatic rings. The average molecular weight is 505 g/mol. The van der Waals surface area contributed by atoms with Crippen LogP contribution in [0, 0.1) is 5.92 Å². The first-order valence-electron chi connectivity index (χ1n) is 12.1. The van der Waals surface area contributed by atoms with Crippen molar-refractivity contribution in [1.29, 1.82) is 0 Å². The van der Waals surface area contributed by atoms with Gasteiger partial charge in [0.05, 0.1) is 0 Å². The third kappa shape index (κ3) is 9.09. The van der Waals surface area contributed by atoms with Crippen molar-refractivity contribution >= 4 is 17.8 Å². The highest BCUT2D eigenvalue weighted by Crippen LogP contribution is 2.25. The molecule has 0 bridgehead atoms. The molecule has 2 N–H and O–H groups in total. The molecule has 1 amide bonds. The number of carboxylic acid groups (broad SMARTS) is 2. The van der Waals surface area contributed by atoms with Crippen molar-refractivity contribution < 1.29 is 29.3 Å². The smallest absolute Gasteiger partial charge is 0.414 e. The van der Waals surface area contributed by atoms with Gasteiger partial charge in [-0.15, -0.1) is 0 Å². The lowest BCUT2D eigenvalue weighted by molar-refractivity contribution is -0.159. The zero-order valence-corrected chi connectivity index (χ0v) is 20.8. The van der Waals surface area contributed by atoms with Crippen molar-refractivity contribution in [3.05, 3.63) is 96.1 Å². The molecule has 1 fully saturated rings. The predicted octanol–water partition coefficient (Wildman–Crippen LogP) is 4.51. The number of benzene rings is 3. The Morgan fingerprint density at radius 2 is 1.35 bits per heavy atom. The maximum atomic E-state index is 12.9. The van der Waals surface area contributed by atoms with Crippen molar-refractivity contribution in [3.8, 4) is 11.5 Å². The molecular formula is C29H32N2O6. The van der Waals surface area contributed by atoms with Crippen LogP contribution >= 0.6 is 0 Å². The third-order valence-electron chi connectivity index (χ3n) is 6.04. The summed E-state index contributed by atoms with van der Waals surface area (Å²) in [5.41, 5.74) is 2.41. The summed E-state index contributed by atoms with van der Waals surface area (Å²) < 4.78 is 5.96. The van der Waals surface area contributed by atoms with Gasteiger partial charge in [-0.1, -0.05) is 60.7 Å². The van der Waals surface area contributed by atoms with E-state index < -0.39 is 11.9 Å². The predicted molar refractivity (Wildman–Crippen MR) is 139 cm³/mol. The number of piperidine rings is 1. The van der Waals surface area contributed by atoms with E-state index in [2.05, 4.69) is 29.2 Å². The lowest BCUT2D eigenvalue weighted by Crippen LogP contribution is -2.40. The Bertz CT molecular complexity index is 1150. The molecule has 4 rings (SSSR count). The summed E-state index contributed by atoms with van der Waals surface area (Å²) in [5.74, 6) is -1.56. The van der Waals surface area contributed by atoms with Crippen LogP contribution in [-0.2, 0) is 27.5 Å². The Labute approximate surface area is 216 Å². The van der Waals surface area contributed by atoms with Gasteiger partial charge in [0.25, 0.3) is 0 Å². The molecule has 0 unspecified atom stereocenters. The van der Waals surface area contributed by atoms with E-state index in [-0.39, 0.29) is 11.8 Å². The number of rotatable bonds is 7. The maximum Gasteiger partial charge on any atom is 0.414 e. The van der Waals surface area contributed by atoms with Crippen LogP contribution in [0.1, 0.15) is 24.0 Å². The fourth-order valence-corrected chi connectivity index (χ4v) is 4.18. The van der Waals surface area contributed by atoms with Gasteiger partial charge in [0.1, 0.15) is 11.5 Å². The molecule has 0 aromatic heterocycles. The van der Waals surface area contributed by atoms with E-state index in [4.69, 9.17) is 24.5 Å². The quantitative estimate of drug-likeness (QED) is 0.456. The van der Waals surface area contributed by atoms with Gasteiger partial charge in [0.15, 0.2) is 0 Å². The first-order chi connectivity index (χ1) is 17.8. The van der Waals surface area contributed by atoms with E-state index in [0.29, 0.717) is 6.54 Å². The molecule has 37 heavy (non-hydrogen) atoms. The molecule has 8 nitrogen and oxygen atoms in total. The Balaban J connectivity index is 0.000000568. The van der Waals surface area contributed by atoms with Crippen molar-refractivity contribution in [2.24, 2.45) is 5.92 Å². The zero-order valence-electron chi connectivity index (χ0n) is 20.8. The van der Waals surface area contributed by atoms with Crippen molar-refractivity contribution in [2.75, 3.05) is 20.1 Å². The molecular weight excluding hydrogens is 472 g/mol.